The van der Waals surface area contributed by atoms with Gasteiger partial charge in [-0.25, -0.2) is 9.59 Å². The number of para-hydroxylation sites is 2. The molecule has 0 bridgehead atoms. The summed E-state index contributed by atoms with van der Waals surface area (Å²) < 4.78 is 10.9. The van der Waals surface area contributed by atoms with Crippen molar-refractivity contribution in [2.24, 2.45) is 0 Å². The van der Waals surface area contributed by atoms with Gasteiger partial charge >= 0.3 is 12.1 Å². The third-order valence-corrected chi connectivity index (χ3v) is 4.28. The predicted molar refractivity (Wildman–Crippen MR) is 105 cm³/mol. The summed E-state index contributed by atoms with van der Waals surface area (Å²) >= 11 is 0. The van der Waals surface area contributed by atoms with Crippen LogP contribution < -0.4 is 9.47 Å². The molecular weight excluding hydrogens is 342 g/mol. The van der Waals surface area contributed by atoms with Crippen molar-refractivity contribution in [3.8, 4) is 11.5 Å². The maximum absolute atomic E-state index is 12.5. The van der Waals surface area contributed by atoms with Crippen molar-refractivity contribution >= 4 is 12.1 Å². The number of benzene rings is 2. The zero-order valence-corrected chi connectivity index (χ0v) is 16.2. The number of hydrogen-bond acceptors (Lipinski definition) is 4. The summed E-state index contributed by atoms with van der Waals surface area (Å²) in [7, 11) is 0. The fraction of sp³-hybridized carbons (Fsp3) is 0.364. The van der Waals surface area contributed by atoms with E-state index in [4.69, 9.17) is 9.47 Å². The number of ether oxygens (including phenoxy) is 2. The summed E-state index contributed by atoms with van der Waals surface area (Å²) in [5, 5.41) is 0. The maximum atomic E-state index is 12.5. The van der Waals surface area contributed by atoms with E-state index in [-0.39, 0.29) is 11.5 Å². The number of esters is 1. The van der Waals surface area contributed by atoms with E-state index < -0.39 is 12.1 Å². The molecule has 2 rings (SSSR count). The second-order valence-corrected chi connectivity index (χ2v) is 6.18. The van der Waals surface area contributed by atoms with Crippen molar-refractivity contribution in [1.29, 1.82) is 0 Å². The number of carbonyl (C=O) groups is 2. The minimum Gasteiger partial charge on any atom is -0.419 e. The molecule has 0 N–H and O–H groups in total. The zero-order valence-electron chi connectivity index (χ0n) is 16.2. The minimum absolute atomic E-state index is 0.220. The topological polar surface area (TPSA) is 55.8 Å². The molecule has 0 aliphatic carbocycles. The summed E-state index contributed by atoms with van der Waals surface area (Å²) in [6, 6.07) is 14.1. The van der Waals surface area contributed by atoms with Gasteiger partial charge in [-0.1, -0.05) is 37.6 Å². The van der Waals surface area contributed by atoms with E-state index in [0.29, 0.717) is 18.7 Å². The lowest BCUT2D eigenvalue weighted by atomic mass is 10.1. The molecule has 0 aromatic heterocycles. The molecule has 27 heavy (non-hydrogen) atoms. The zero-order chi connectivity index (χ0) is 19.6. The summed E-state index contributed by atoms with van der Waals surface area (Å²) in [5.41, 5.74) is 1.65. The highest BCUT2D eigenvalue weighted by atomic mass is 16.6. The van der Waals surface area contributed by atoms with Gasteiger partial charge in [-0.2, -0.15) is 0 Å². The molecule has 0 atom stereocenters. The highest BCUT2D eigenvalue weighted by Gasteiger charge is 2.17. The average molecular weight is 369 g/mol. The van der Waals surface area contributed by atoms with Gasteiger partial charge in [-0.05, 0) is 56.5 Å². The number of amides is 1. The fourth-order valence-corrected chi connectivity index (χ4v) is 2.61. The summed E-state index contributed by atoms with van der Waals surface area (Å²) in [6.45, 7) is 6.99. The molecule has 0 unspecified atom stereocenters. The minimum atomic E-state index is -0.483. The number of rotatable bonds is 8. The molecule has 2 aromatic carbocycles. The first-order valence-electron chi connectivity index (χ1n) is 9.45. The van der Waals surface area contributed by atoms with Gasteiger partial charge < -0.3 is 14.4 Å². The molecule has 0 saturated carbocycles. The Morgan fingerprint density at radius 3 is 2.00 bits per heavy atom. The maximum Gasteiger partial charge on any atom is 0.415 e. The van der Waals surface area contributed by atoms with E-state index in [1.165, 1.54) is 5.56 Å². The smallest absolute Gasteiger partial charge is 0.415 e. The molecule has 0 aliphatic rings. The Kier molecular flexibility index (Phi) is 7.86. The van der Waals surface area contributed by atoms with Crippen LogP contribution in [-0.2, 0) is 6.42 Å². The Morgan fingerprint density at radius 2 is 1.44 bits per heavy atom. The number of nitrogens with zero attached hydrogens (tertiary/aromatic N) is 1. The van der Waals surface area contributed by atoms with Crippen molar-refractivity contribution in [1.82, 2.24) is 4.90 Å². The van der Waals surface area contributed by atoms with Gasteiger partial charge in [0, 0.05) is 13.1 Å². The first-order valence-corrected chi connectivity index (χ1v) is 9.45. The van der Waals surface area contributed by atoms with Gasteiger partial charge in [-0.15, -0.1) is 0 Å². The van der Waals surface area contributed by atoms with E-state index >= 15 is 0 Å². The third-order valence-electron chi connectivity index (χ3n) is 4.28. The molecule has 0 saturated heterocycles. The number of hydrogen-bond donors (Lipinski definition) is 0. The quantitative estimate of drug-likeness (QED) is 0.480. The molecule has 5 heteroatoms. The first-order chi connectivity index (χ1) is 13.1. The van der Waals surface area contributed by atoms with E-state index in [2.05, 4.69) is 6.92 Å². The van der Waals surface area contributed by atoms with Crippen LogP contribution in [0.4, 0.5) is 4.79 Å². The van der Waals surface area contributed by atoms with E-state index in [0.717, 1.165) is 19.3 Å². The van der Waals surface area contributed by atoms with Crippen LogP contribution in [0.25, 0.3) is 0 Å². The molecule has 0 aliphatic heterocycles. The normalized spacial score (nSPS) is 10.3. The fourth-order valence-electron chi connectivity index (χ4n) is 2.61. The van der Waals surface area contributed by atoms with Crippen LogP contribution in [0.3, 0.4) is 0 Å². The van der Waals surface area contributed by atoms with Gasteiger partial charge in [0.25, 0.3) is 0 Å². The molecule has 5 nitrogen and oxygen atoms in total. The summed E-state index contributed by atoms with van der Waals surface area (Å²) in [4.78, 5) is 26.2. The number of carbonyl (C=O) groups excluding carboxylic acids is 2. The average Bonchev–Trinajstić information content (AvgIpc) is 2.69. The molecule has 2 aromatic rings. The second kappa shape index (κ2) is 10.4. The van der Waals surface area contributed by atoms with E-state index in [9.17, 15) is 9.59 Å². The van der Waals surface area contributed by atoms with Gasteiger partial charge in [0.15, 0.2) is 11.5 Å². The second-order valence-electron chi connectivity index (χ2n) is 6.18. The summed E-state index contributed by atoms with van der Waals surface area (Å²) in [6.07, 6.45) is 2.78. The molecule has 0 spiro atoms. The van der Waals surface area contributed by atoms with E-state index in [1.807, 2.05) is 26.0 Å². The van der Waals surface area contributed by atoms with Crippen molar-refractivity contribution in [2.75, 3.05) is 13.1 Å². The SMILES string of the molecule is CCCCc1ccc(C(=O)Oc2ccccc2OC(=O)N(CC)CC)cc1. The Balaban J connectivity index is 2.08. The first kappa shape index (κ1) is 20.5. The van der Waals surface area contributed by atoms with E-state index in [1.54, 1.807) is 41.3 Å². The van der Waals surface area contributed by atoms with Crippen molar-refractivity contribution in [3.05, 3.63) is 59.7 Å². The lowest BCUT2D eigenvalue weighted by molar-refractivity contribution is 0.0727. The molecule has 1 amide bonds. The molecular formula is C22H27NO4. The molecule has 0 heterocycles. The van der Waals surface area contributed by atoms with Crippen LogP contribution in [0.1, 0.15) is 49.5 Å². The van der Waals surface area contributed by atoms with Crippen molar-refractivity contribution < 1.29 is 19.1 Å². The number of aryl methyl sites for hydroxylation is 1. The highest BCUT2D eigenvalue weighted by Crippen LogP contribution is 2.28. The van der Waals surface area contributed by atoms with Crippen LogP contribution in [0.5, 0.6) is 11.5 Å². The van der Waals surface area contributed by atoms with Crippen molar-refractivity contribution in [3.63, 3.8) is 0 Å². The Labute approximate surface area is 160 Å². The lowest BCUT2D eigenvalue weighted by Gasteiger charge is -2.18. The standard InChI is InChI=1S/C22H27NO4/c1-4-7-10-17-13-15-18(16-14-17)21(24)26-19-11-8-9-12-20(19)27-22(25)23(5-2)6-3/h8-9,11-16H,4-7,10H2,1-3H3. The monoisotopic (exact) mass is 369 g/mol. The summed E-state index contributed by atoms with van der Waals surface area (Å²) in [5.74, 6) is -0.0382. The van der Waals surface area contributed by atoms with Gasteiger partial charge in [0.1, 0.15) is 0 Å². The largest absolute Gasteiger partial charge is 0.419 e. The molecule has 144 valence electrons. The number of unbranched alkanes of at least 4 members (excludes halogenated alkanes) is 1. The highest BCUT2D eigenvalue weighted by molar-refractivity contribution is 5.91. The van der Waals surface area contributed by atoms with Crippen LogP contribution in [0.2, 0.25) is 0 Å². The van der Waals surface area contributed by atoms with Crippen LogP contribution in [-0.4, -0.2) is 30.1 Å². The predicted octanol–water partition coefficient (Wildman–Crippen LogP) is 5.09. The Morgan fingerprint density at radius 1 is 0.852 bits per heavy atom. The van der Waals surface area contributed by atoms with Crippen molar-refractivity contribution in [2.45, 2.75) is 40.0 Å². The molecule has 0 fully saturated rings. The lowest BCUT2D eigenvalue weighted by Crippen LogP contribution is -2.33. The van der Waals surface area contributed by atoms with Gasteiger partial charge in [0.2, 0.25) is 0 Å². The molecule has 0 radical (unpaired) electrons. The van der Waals surface area contributed by atoms with Crippen LogP contribution >= 0.6 is 0 Å². The van der Waals surface area contributed by atoms with Gasteiger partial charge in [0.05, 0.1) is 5.56 Å². The van der Waals surface area contributed by atoms with Crippen LogP contribution in [0, 0.1) is 0 Å². The Bertz CT molecular complexity index is 751. The Hall–Kier alpha value is -2.82. The van der Waals surface area contributed by atoms with Gasteiger partial charge in [-0.3, -0.25) is 0 Å². The third kappa shape index (κ3) is 5.84. The van der Waals surface area contributed by atoms with Crippen LogP contribution in [0.15, 0.2) is 48.5 Å².